The van der Waals surface area contributed by atoms with Gasteiger partial charge in [-0.05, 0) is 26.0 Å². The van der Waals surface area contributed by atoms with E-state index < -0.39 is 6.10 Å². The normalized spacial score (nSPS) is 16.8. The van der Waals surface area contributed by atoms with Crippen LogP contribution in [-0.2, 0) is 0 Å². The number of Topliss-reactive ketones (excluding diaryl/α,β-unsaturated/α-hetero) is 1. The van der Waals surface area contributed by atoms with Crippen molar-refractivity contribution in [2.24, 2.45) is 0 Å². The molecule has 1 heterocycles. The molecule has 6 nitrogen and oxygen atoms in total. The number of aromatic hydroxyl groups is 4. The molecule has 4 N–H and O–H groups in total. The summed E-state index contributed by atoms with van der Waals surface area (Å²) in [6, 6.07) is 4.24. The van der Waals surface area contributed by atoms with Crippen molar-refractivity contribution in [3.63, 3.8) is 0 Å². The van der Waals surface area contributed by atoms with Gasteiger partial charge in [-0.3, -0.25) is 4.79 Å². The summed E-state index contributed by atoms with van der Waals surface area (Å²) in [5, 5.41) is 40.1. The van der Waals surface area contributed by atoms with Crippen molar-refractivity contribution >= 4 is 5.78 Å². The zero-order chi connectivity index (χ0) is 16.9. The number of fused-ring (bicyclic) bond motifs is 1. The third-order valence-electron chi connectivity index (χ3n) is 4.16. The van der Waals surface area contributed by atoms with Gasteiger partial charge in [0.2, 0.25) is 0 Å². The van der Waals surface area contributed by atoms with E-state index >= 15 is 0 Å². The minimum absolute atomic E-state index is 0.0176. The molecular weight excluding hydrogens is 300 g/mol. The standard InChI is InChI=1S/C17H16O6/c1-7-15(21)8(2)17-14(16(7)22)11(20)6-12(23-17)13-9(18)4-3-5-10(13)19/h3-5,12,18-19,21-22H,6H2,1-2H3/t12-/m0/s1. The molecular formula is C17H16O6. The van der Waals surface area contributed by atoms with Crippen molar-refractivity contribution in [2.45, 2.75) is 26.4 Å². The number of phenols is 4. The van der Waals surface area contributed by atoms with Crippen molar-refractivity contribution < 1.29 is 30.0 Å². The maximum absolute atomic E-state index is 12.4. The lowest BCUT2D eigenvalue weighted by Gasteiger charge is -2.29. The first-order valence-electron chi connectivity index (χ1n) is 7.08. The number of hydrogen-bond acceptors (Lipinski definition) is 6. The lowest BCUT2D eigenvalue weighted by molar-refractivity contribution is 0.0836. The maximum Gasteiger partial charge on any atom is 0.174 e. The van der Waals surface area contributed by atoms with Gasteiger partial charge < -0.3 is 25.2 Å². The quantitative estimate of drug-likeness (QED) is 0.644. The van der Waals surface area contributed by atoms with Crippen LogP contribution in [-0.4, -0.2) is 26.2 Å². The molecule has 23 heavy (non-hydrogen) atoms. The molecule has 0 aliphatic carbocycles. The first-order valence-corrected chi connectivity index (χ1v) is 7.08. The topological polar surface area (TPSA) is 107 Å². The Morgan fingerprint density at radius 2 is 1.61 bits per heavy atom. The van der Waals surface area contributed by atoms with Crippen LogP contribution in [0.25, 0.3) is 0 Å². The van der Waals surface area contributed by atoms with Gasteiger partial charge in [0.25, 0.3) is 0 Å². The summed E-state index contributed by atoms with van der Waals surface area (Å²) in [4.78, 5) is 12.4. The molecule has 0 bridgehead atoms. The minimum Gasteiger partial charge on any atom is -0.507 e. The molecule has 0 saturated heterocycles. The number of ketones is 1. The Balaban J connectivity index is 2.17. The molecule has 3 rings (SSSR count). The molecule has 6 heteroatoms. The number of carbonyl (C=O) groups is 1. The second-order valence-corrected chi connectivity index (χ2v) is 5.60. The van der Waals surface area contributed by atoms with Crippen LogP contribution in [0.5, 0.6) is 28.7 Å². The number of carbonyl (C=O) groups excluding carboxylic acids is 1. The summed E-state index contributed by atoms with van der Waals surface area (Å²) in [6.07, 6.45) is -1.05. The fourth-order valence-electron chi connectivity index (χ4n) is 2.88. The molecule has 0 unspecified atom stereocenters. The number of rotatable bonds is 1. The molecule has 0 aromatic heterocycles. The molecule has 0 fully saturated rings. The second-order valence-electron chi connectivity index (χ2n) is 5.60. The molecule has 0 radical (unpaired) electrons. The van der Waals surface area contributed by atoms with Crippen molar-refractivity contribution in [3.8, 4) is 28.7 Å². The Bertz CT molecular complexity index is 804. The van der Waals surface area contributed by atoms with Crippen LogP contribution < -0.4 is 4.74 Å². The smallest absolute Gasteiger partial charge is 0.174 e. The predicted octanol–water partition coefficient (Wildman–Crippen LogP) is 2.83. The molecule has 1 aliphatic rings. The van der Waals surface area contributed by atoms with Crippen molar-refractivity contribution in [3.05, 3.63) is 40.5 Å². The SMILES string of the molecule is Cc1c(O)c(C)c2c(c1O)C(=O)C[C@@H](c1c(O)cccc1O)O2. The second kappa shape index (κ2) is 5.08. The summed E-state index contributed by atoms with van der Waals surface area (Å²) in [6.45, 7) is 3.08. The van der Waals surface area contributed by atoms with E-state index in [0.717, 1.165) is 0 Å². The monoisotopic (exact) mass is 316 g/mol. The molecule has 1 aliphatic heterocycles. The van der Waals surface area contributed by atoms with Gasteiger partial charge in [0.05, 0.1) is 12.0 Å². The zero-order valence-electron chi connectivity index (χ0n) is 12.6. The highest BCUT2D eigenvalue weighted by atomic mass is 16.5. The summed E-state index contributed by atoms with van der Waals surface area (Å²) in [5.74, 6) is -1.17. The van der Waals surface area contributed by atoms with Crippen molar-refractivity contribution in [1.82, 2.24) is 0 Å². The molecule has 1 atom stereocenters. The molecule has 0 spiro atoms. The lowest BCUT2D eigenvalue weighted by Crippen LogP contribution is -2.22. The number of hydrogen-bond donors (Lipinski definition) is 4. The van der Waals surface area contributed by atoms with Crippen LogP contribution in [0, 0.1) is 13.8 Å². The Morgan fingerprint density at radius 3 is 2.22 bits per heavy atom. The molecule has 0 amide bonds. The zero-order valence-corrected chi connectivity index (χ0v) is 12.6. The number of ether oxygens (including phenoxy) is 1. The Labute approximate surface area is 132 Å². The van der Waals surface area contributed by atoms with E-state index in [0.29, 0.717) is 5.56 Å². The summed E-state index contributed by atoms with van der Waals surface area (Å²) in [5.41, 5.74) is 0.653. The van der Waals surface area contributed by atoms with Gasteiger partial charge >= 0.3 is 0 Å². The summed E-state index contributed by atoms with van der Waals surface area (Å²) >= 11 is 0. The highest BCUT2D eigenvalue weighted by Gasteiger charge is 2.36. The van der Waals surface area contributed by atoms with Gasteiger partial charge in [-0.15, -0.1) is 0 Å². The Morgan fingerprint density at radius 1 is 1.00 bits per heavy atom. The number of phenolic OH excluding ortho intramolecular Hbond substituents is 4. The van der Waals surface area contributed by atoms with Crippen LogP contribution in [0.4, 0.5) is 0 Å². The van der Waals surface area contributed by atoms with Gasteiger partial charge in [0, 0.05) is 11.1 Å². The van der Waals surface area contributed by atoms with Gasteiger partial charge in [0.15, 0.2) is 5.78 Å². The lowest BCUT2D eigenvalue weighted by atomic mass is 9.91. The first kappa shape index (κ1) is 15.0. The third kappa shape index (κ3) is 2.14. The van der Waals surface area contributed by atoms with Crippen LogP contribution in [0.15, 0.2) is 18.2 Å². The van der Waals surface area contributed by atoms with Crippen molar-refractivity contribution in [2.75, 3.05) is 0 Å². The van der Waals surface area contributed by atoms with E-state index in [4.69, 9.17) is 4.74 Å². The fourth-order valence-corrected chi connectivity index (χ4v) is 2.88. The van der Waals surface area contributed by atoms with Crippen LogP contribution in [0.2, 0.25) is 0 Å². The van der Waals surface area contributed by atoms with Gasteiger partial charge in [-0.2, -0.15) is 0 Å². The highest BCUT2D eigenvalue weighted by Crippen LogP contribution is 2.49. The Kier molecular flexibility index (Phi) is 3.32. The average Bonchev–Trinajstić information content (AvgIpc) is 2.50. The molecule has 2 aromatic carbocycles. The molecule has 0 saturated carbocycles. The van der Waals surface area contributed by atoms with E-state index in [9.17, 15) is 25.2 Å². The van der Waals surface area contributed by atoms with Crippen LogP contribution in [0.3, 0.4) is 0 Å². The Hall–Kier alpha value is -2.89. The fraction of sp³-hybridized carbons (Fsp3) is 0.235. The molecule has 2 aromatic rings. The van der Waals surface area contributed by atoms with E-state index in [1.807, 2.05) is 0 Å². The highest BCUT2D eigenvalue weighted by molar-refractivity contribution is 6.04. The first-order chi connectivity index (χ1) is 10.8. The van der Waals surface area contributed by atoms with E-state index in [2.05, 4.69) is 0 Å². The van der Waals surface area contributed by atoms with E-state index in [1.165, 1.54) is 25.1 Å². The van der Waals surface area contributed by atoms with Crippen LogP contribution >= 0.6 is 0 Å². The predicted molar refractivity (Wildman–Crippen MR) is 81.3 cm³/mol. The van der Waals surface area contributed by atoms with Gasteiger partial charge in [-0.25, -0.2) is 0 Å². The average molecular weight is 316 g/mol. The van der Waals surface area contributed by atoms with E-state index in [1.54, 1.807) is 6.92 Å². The van der Waals surface area contributed by atoms with Gasteiger partial charge in [0.1, 0.15) is 40.4 Å². The summed E-state index contributed by atoms with van der Waals surface area (Å²) < 4.78 is 5.74. The maximum atomic E-state index is 12.4. The summed E-state index contributed by atoms with van der Waals surface area (Å²) in [7, 11) is 0. The minimum atomic E-state index is -0.906. The van der Waals surface area contributed by atoms with Crippen molar-refractivity contribution in [1.29, 1.82) is 0 Å². The third-order valence-corrected chi connectivity index (χ3v) is 4.16. The van der Waals surface area contributed by atoms with Crippen LogP contribution in [0.1, 0.15) is 39.6 Å². The van der Waals surface area contributed by atoms with E-state index in [-0.39, 0.29) is 57.6 Å². The van der Waals surface area contributed by atoms with Gasteiger partial charge in [-0.1, -0.05) is 6.07 Å². The molecule has 120 valence electrons. The largest absolute Gasteiger partial charge is 0.507 e. The number of benzene rings is 2.